The van der Waals surface area contributed by atoms with Crippen LogP contribution in [0.15, 0.2) is 78.9 Å². The molecule has 0 unspecified atom stereocenters. The van der Waals surface area contributed by atoms with Crippen molar-refractivity contribution < 1.29 is 19.1 Å². The lowest BCUT2D eigenvalue weighted by atomic mass is 9.85. The molecule has 0 radical (unpaired) electrons. The summed E-state index contributed by atoms with van der Waals surface area (Å²) in [6.07, 6.45) is 0.316. The van der Waals surface area contributed by atoms with Crippen LogP contribution >= 0.6 is 11.6 Å². The number of para-hydroxylation sites is 1. The number of nitrogens with zero attached hydrogens (tertiary/aromatic N) is 2. The predicted molar refractivity (Wildman–Crippen MR) is 153 cm³/mol. The molecule has 2 heterocycles. The van der Waals surface area contributed by atoms with Crippen molar-refractivity contribution in [2.45, 2.75) is 26.9 Å². The number of rotatable bonds is 8. The maximum Gasteiger partial charge on any atom is 0.311 e. The van der Waals surface area contributed by atoms with Crippen LogP contribution in [0.3, 0.4) is 0 Å². The summed E-state index contributed by atoms with van der Waals surface area (Å²) in [6.45, 7) is 3.94. The van der Waals surface area contributed by atoms with Gasteiger partial charge in [0.25, 0.3) is 0 Å². The molecule has 198 valence electrons. The lowest BCUT2D eigenvalue weighted by molar-refractivity contribution is -0.150. The van der Waals surface area contributed by atoms with Crippen molar-refractivity contribution in [1.82, 2.24) is 9.55 Å². The van der Waals surface area contributed by atoms with E-state index in [0.29, 0.717) is 34.9 Å². The van der Waals surface area contributed by atoms with Crippen LogP contribution in [-0.2, 0) is 29.6 Å². The topological polar surface area (TPSA) is 70.4 Å². The monoisotopic (exact) mass is 540 g/mol. The molecule has 0 N–H and O–H groups in total. The minimum absolute atomic E-state index is 0.137. The van der Waals surface area contributed by atoms with E-state index < -0.39 is 5.41 Å². The highest BCUT2D eigenvalue weighted by Gasteiger charge is 2.33. The fourth-order valence-corrected chi connectivity index (χ4v) is 5.00. The average molecular weight is 541 g/mol. The molecule has 6 nitrogen and oxygen atoms in total. The third-order valence-electron chi connectivity index (χ3n) is 7.02. The Balaban J connectivity index is 1.53. The highest BCUT2D eigenvalue weighted by atomic mass is 35.5. The van der Waals surface area contributed by atoms with Crippen molar-refractivity contribution in [3.05, 3.63) is 106 Å². The van der Waals surface area contributed by atoms with Crippen LogP contribution in [0.2, 0.25) is 5.02 Å². The lowest BCUT2D eigenvalue weighted by Gasteiger charge is -2.22. The molecule has 3 aromatic carbocycles. The van der Waals surface area contributed by atoms with Gasteiger partial charge in [0.2, 0.25) is 0 Å². The second-order valence-corrected chi connectivity index (χ2v) is 10.7. The molecule has 0 saturated carbocycles. The van der Waals surface area contributed by atoms with Crippen molar-refractivity contribution in [3.8, 4) is 5.75 Å². The van der Waals surface area contributed by atoms with Gasteiger partial charge < -0.3 is 14.0 Å². The zero-order valence-electron chi connectivity index (χ0n) is 22.3. The van der Waals surface area contributed by atoms with E-state index in [1.165, 1.54) is 7.11 Å². The fraction of sp³-hybridized carbons (Fsp3) is 0.219. The molecule has 0 aliphatic heterocycles. The number of hydrogen-bond acceptors (Lipinski definition) is 5. The third kappa shape index (κ3) is 5.25. The normalized spacial score (nSPS) is 11.6. The zero-order chi connectivity index (χ0) is 27.7. The van der Waals surface area contributed by atoms with E-state index in [1.54, 1.807) is 24.3 Å². The summed E-state index contributed by atoms with van der Waals surface area (Å²) in [5, 5.41) is 2.41. The molecule has 0 bridgehead atoms. The summed E-state index contributed by atoms with van der Waals surface area (Å²) >= 11 is 6.07. The van der Waals surface area contributed by atoms with Crippen LogP contribution in [0.4, 0.5) is 0 Å². The Hall–Kier alpha value is -4.16. The third-order valence-corrected chi connectivity index (χ3v) is 7.27. The summed E-state index contributed by atoms with van der Waals surface area (Å²) in [5.74, 6) is 0.175. The predicted octanol–water partition coefficient (Wildman–Crippen LogP) is 6.93. The molecule has 5 rings (SSSR count). The first-order valence-corrected chi connectivity index (χ1v) is 13.0. The summed E-state index contributed by atoms with van der Waals surface area (Å²) in [6, 6.07) is 24.5. The quantitative estimate of drug-likeness (QED) is 0.158. The maximum atomic E-state index is 13.8. The number of aromatic nitrogens is 2. The first-order chi connectivity index (χ1) is 18.7. The van der Waals surface area contributed by atoms with Crippen LogP contribution < -0.4 is 4.74 Å². The van der Waals surface area contributed by atoms with E-state index in [9.17, 15) is 9.59 Å². The molecule has 5 aromatic rings. The number of fused-ring (bicyclic) bond motifs is 2. The number of carbonyl (C=O) groups excluding carboxylic acids is 2. The number of pyridine rings is 1. The Morgan fingerprint density at radius 2 is 1.72 bits per heavy atom. The average Bonchev–Trinajstić information content (AvgIpc) is 3.21. The van der Waals surface area contributed by atoms with Crippen LogP contribution in [0.25, 0.3) is 21.8 Å². The van der Waals surface area contributed by atoms with E-state index in [1.807, 2.05) is 80.1 Å². The molecule has 0 amide bonds. The second kappa shape index (κ2) is 10.5. The first-order valence-electron chi connectivity index (χ1n) is 12.7. The van der Waals surface area contributed by atoms with Gasteiger partial charge in [-0.25, -0.2) is 4.98 Å². The number of halogens is 1. The van der Waals surface area contributed by atoms with Gasteiger partial charge in [-0.05, 0) is 62.4 Å². The summed E-state index contributed by atoms with van der Waals surface area (Å²) in [5.41, 5.74) is 3.54. The lowest BCUT2D eigenvalue weighted by Crippen LogP contribution is -2.29. The van der Waals surface area contributed by atoms with Crippen molar-refractivity contribution >= 4 is 45.2 Å². The van der Waals surface area contributed by atoms with Crippen molar-refractivity contribution in [3.63, 3.8) is 0 Å². The van der Waals surface area contributed by atoms with Gasteiger partial charge in [-0.15, -0.1) is 0 Å². The molecule has 0 aliphatic carbocycles. The standard InChI is InChI=1S/C32H29ClN2O4/c1-32(2,31(37)38-4)18-28-29(30(36)21-9-12-22(33)13-10-21)25-16-15-24(17-27(25)35(28)3)39-19-23-14-11-20-7-5-6-8-26(20)34-23/h5-17H,18-19H2,1-4H3. The molecule has 0 spiro atoms. The van der Waals surface area contributed by atoms with Crippen LogP contribution in [0.5, 0.6) is 5.75 Å². The number of methoxy groups -OCH3 is 1. The minimum Gasteiger partial charge on any atom is -0.487 e. The molecule has 2 aromatic heterocycles. The van der Waals surface area contributed by atoms with E-state index >= 15 is 0 Å². The zero-order valence-corrected chi connectivity index (χ0v) is 23.1. The first kappa shape index (κ1) is 26.4. The highest BCUT2D eigenvalue weighted by Crippen LogP contribution is 2.35. The summed E-state index contributed by atoms with van der Waals surface area (Å²) in [4.78, 5) is 31.1. The van der Waals surface area contributed by atoms with Gasteiger partial charge in [-0.1, -0.05) is 35.9 Å². The second-order valence-electron chi connectivity index (χ2n) is 10.2. The van der Waals surface area contributed by atoms with E-state index in [0.717, 1.165) is 33.2 Å². The van der Waals surface area contributed by atoms with Crippen molar-refractivity contribution in [2.75, 3.05) is 7.11 Å². The Labute approximate surface area is 232 Å². The number of ketones is 1. The van der Waals surface area contributed by atoms with E-state index in [2.05, 4.69) is 4.98 Å². The molecule has 39 heavy (non-hydrogen) atoms. The minimum atomic E-state index is -0.840. The van der Waals surface area contributed by atoms with Gasteiger partial charge in [0.05, 0.1) is 34.8 Å². The smallest absolute Gasteiger partial charge is 0.311 e. The molecular formula is C32H29ClN2O4. The number of hydrogen-bond donors (Lipinski definition) is 0. The molecule has 7 heteroatoms. The van der Waals surface area contributed by atoms with E-state index in [-0.39, 0.29) is 11.8 Å². The van der Waals surface area contributed by atoms with Crippen molar-refractivity contribution in [2.24, 2.45) is 12.5 Å². The Morgan fingerprint density at radius 1 is 0.974 bits per heavy atom. The summed E-state index contributed by atoms with van der Waals surface area (Å²) < 4.78 is 13.1. The van der Waals surface area contributed by atoms with Crippen LogP contribution in [-0.4, -0.2) is 28.4 Å². The largest absolute Gasteiger partial charge is 0.487 e. The Kier molecular flexibility index (Phi) is 7.15. The molecule has 0 saturated heterocycles. The van der Waals surface area contributed by atoms with Gasteiger partial charge in [0.15, 0.2) is 5.78 Å². The molecular weight excluding hydrogens is 512 g/mol. The number of esters is 1. The summed E-state index contributed by atoms with van der Waals surface area (Å²) in [7, 11) is 3.28. The Bertz CT molecular complexity index is 1700. The van der Waals surface area contributed by atoms with Gasteiger partial charge in [0, 0.05) is 46.6 Å². The number of ether oxygens (including phenoxy) is 2. The molecule has 0 aliphatic rings. The fourth-order valence-electron chi connectivity index (χ4n) is 4.88. The molecule has 0 atom stereocenters. The highest BCUT2D eigenvalue weighted by molar-refractivity contribution is 6.30. The van der Waals surface area contributed by atoms with Gasteiger partial charge in [0.1, 0.15) is 12.4 Å². The SMILES string of the molecule is COC(=O)C(C)(C)Cc1c(C(=O)c2ccc(Cl)cc2)c2ccc(OCc3ccc4ccccc4n3)cc2n1C. The number of carbonyl (C=O) groups is 2. The van der Waals surface area contributed by atoms with Gasteiger partial charge in [-0.3, -0.25) is 9.59 Å². The number of benzene rings is 3. The maximum absolute atomic E-state index is 13.8. The van der Waals surface area contributed by atoms with Crippen molar-refractivity contribution in [1.29, 1.82) is 0 Å². The van der Waals surface area contributed by atoms with Gasteiger partial charge >= 0.3 is 5.97 Å². The van der Waals surface area contributed by atoms with Gasteiger partial charge in [-0.2, -0.15) is 0 Å². The van der Waals surface area contributed by atoms with Crippen LogP contribution in [0.1, 0.15) is 41.2 Å². The van der Waals surface area contributed by atoms with E-state index in [4.69, 9.17) is 21.1 Å². The molecule has 0 fully saturated rings. The number of aryl methyl sites for hydroxylation is 1. The Morgan fingerprint density at radius 3 is 2.46 bits per heavy atom. The van der Waals surface area contributed by atoms with Crippen LogP contribution in [0, 0.1) is 5.41 Å².